The average Bonchev–Trinajstić information content (AvgIpc) is 3.02. The molecule has 1 heterocycles. The minimum atomic E-state index is 0.810. The summed E-state index contributed by atoms with van der Waals surface area (Å²) in [5, 5.41) is 7.65. The van der Waals surface area contributed by atoms with Crippen molar-refractivity contribution in [2.75, 3.05) is 5.32 Å². The highest BCUT2D eigenvalue weighted by Gasteiger charge is 1.99. The van der Waals surface area contributed by atoms with E-state index >= 15 is 0 Å². The lowest BCUT2D eigenvalue weighted by Gasteiger charge is -2.06. The summed E-state index contributed by atoms with van der Waals surface area (Å²) in [7, 11) is 0. The Morgan fingerprint density at radius 1 is 0.952 bits per heavy atom. The van der Waals surface area contributed by atoms with Crippen LogP contribution in [0.5, 0.6) is 0 Å². The number of anilines is 1. The van der Waals surface area contributed by atoms with Gasteiger partial charge in [-0.25, -0.2) is 0 Å². The smallest absolute Gasteiger partial charge is 0.0729 e. The first-order valence-electron chi connectivity index (χ1n) is 7.26. The number of hydrogen-bond donors (Lipinski definition) is 1. The standard InChI is InChI=1S/C18H19N3/c1-2-21-14-18(13-20-21)19-12-15-8-10-17(11-9-15)16-6-4-3-5-7-16/h3-11,13-14,19H,2,12H2,1H3. The Morgan fingerprint density at radius 2 is 1.67 bits per heavy atom. The van der Waals surface area contributed by atoms with Gasteiger partial charge >= 0.3 is 0 Å². The van der Waals surface area contributed by atoms with Crippen LogP contribution >= 0.6 is 0 Å². The maximum absolute atomic E-state index is 4.25. The van der Waals surface area contributed by atoms with Gasteiger partial charge in [-0.15, -0.1) is 0 Å². The summed E-state index contributed by atoms with van der Waals surface area (Å²) in [5.41, 5.74) is 4.82. The normalized spacial score (nSPS) is 10.5. The summed E-state index contributed by atoms with van der Waals surface area (Å²) in [6.07, 6.45) is 3.89. The molecule has 1 N–H and O–H groups in total. The highest BCUT2D eigenvalue weighted by molar-refractivity contribution is 5.63. The van der Waals surface area contributed by atoms with Crippen molar-refractivity contribution in [3.8, 4) is 11.1 Å². The van der Waals surface area contributed by atoms with Crippen LogP contribution in [0.15, 0.2) is 67.0 Å². The van der Waals surface area contributed by atoms with Gasteiger partial charge in [0.15, 0.2) is 0 Å². The summed E-state index contributed by atoms with van der Waals surface area (Å²) < 4.78 is 1.92. The van der Waals surface area contributed by atoms with E-state index in [1.165, 1.54) is 16.7 Å². The number of benzene rings is 2. The van der Waals surface area contributed by atoms with Crippen LogP contribution in [0.25, 0.3) is 11.1 Å². The average molecular weight is 277 g/mol. The van der Waals surface area contributed by atoms with Gasteiger partial charge in [0, 0.05) is 19.3 Å². The van der Waals surface area contributed by atoms with E-state index < -0.39 is 0 Å². The molecule has 0 aliphatic heterocycles. The second-order valence-corrected chi connectivity index (χ2v) is 5.00. The Bertz CT molecular complexity index is 684. The van der Waals surface area contributed by atoms with E-state index in [0.717, 1.165) is 18.8 Å². The highest BCUT2D eigenvalue weighted by atomic mass is 15.3. The van der Waals surface area contributed by atoms with E-state index in [-0.39, 0.29) is 0 Å². The molecule has 3 heteroatoms. The minimum absolute atomic E-state index is 0.810. The molecule has 21 heavy (non-hydrogen) atoms. The van der Waals surface area contributed by atoms with E-state index in [0.29, 0.717) is 0 Å². The first kappa shape index (κ1) is 13.4. The zero-order valence-corrected chi connectivity index (χ0v) is 12.2. The first-order chi connectivity index (χ1) is 10.3. The quantitative estimate of drug-likeness (QED) is 0.758. The van der Waals surface area contributed by atoms with Crippen molar-refractivity contribution in [1.29, 1.82) is 0 Å². The van der Waals surface area contributed by atoms with Crippen LogP contribution in [0.2, 0.25) is 0 Å². The zero-order valence-electron chi connectivity index (χ0n) is 12.2. The largest absolute Gasteiger partial charge is 0.378 e. The van der Waals surface area contributed by atoms with Gasteiger partial charge in [-0.3, -0.25) is 4.68 Å². The third-order valence-electron chi connectivity index (χ3n) is 3.51. The van der Waals surface area contributed by atoms with Crippen LogP contribution in [-0.2, 0) is 13.1 Å². The maximum Gasteiger partial charge on any atom is 0.0729 e. The molecule has 3 aromatic rings. The number of nitrogens with one attached hydrogen (secondary N) is 1. The third kappa shape index (κ3) is 3.31. The van der Waals surface area contributed by atoms with Crippen LogP contribution in [-0.4, -0.2) is 9.78 Å². The van der Waals surface area contributed by atoms with Gasteiger partial charge in [0.05, 0.1) is 11.9 Å². The molecule has 1 aromatic heterocycles. The number of hydrogen-bond acceptors (Lipinski definition) is 2. The lowest BCUT2D eigenvalue weighted by atomic mass is 10.0. The van der Waals surface area contributed by atoms with Crippen LogP contribution < -0.4 is 5.32 Å². The van der Waals surface area contributed by atoms with Crippen LogP contribution in [0.1, 0.15) is 12.5 Å². The fraction of sp³-hybridized carbons (Fsp3) is 0.167. The Morgan fingerprint density at radius 3 is 2.33 bits per heavy atom. The van der Waals surface area contributed by atoms with E-state index in [1.807, 2.05) is 23.1 Å². The molecule has 0 unspecified atom stereocenters. The van der Waals surface area contributed by atoms with Crippen molar-refractivity contribution in [3.63, 3.8) is 0 Å². The van der Waals surface area contributed by atoms with Crippen LogP contribution in [0.3, 0.4) is 0 Å². The molecule has 0 saturated heterocycles. The van der Waals surface area contributed by atoms with Gasteiger partial charge in [-0.05, 0) is 23.6 Å². The molecule has 2 aromatic carbocycles. The predicted molar refractivity (Wildman–Crippen MR) is 87.1 cm³/mol. The molecule has 3 nitrogen and oxygen atoms in total. The summed E-state index contributed by atoms with van der Waals surface area (Å²) in [5.74, 6) is 0. The molecule has 106 valence electrons. The topological polar surface area (TPSA) is 29.9 Å². The molecule has 0 bridgehead atoms. The SMILES string of the molecule is CCn1cc(NCc2ccc(-c3ccccc3)cc2)cn1. The minimum Gasteiger partial charge on any atom is -0.378 e. The van der Waals surface area contributed by atoms with Crippen molar-refractivity contribution in [1.82, 2.24) is 9.78 Å². The summed E-state index contributed by atoms with van der Waals surface area (Å²) >= 11 is 0. The molecule has 0 aliphatic rings. The lowest BCUT2D eigenvalue weighted by Crippen LogP contribution is -1.98. The molecular weight excluding hydrogens is 258 g/mol. The van der Waals surface area contributed by atoms with Gasteiger partial charge < -0.3 is 5.32 Å². The molecule has 0 spiro atoms. The fourth-order valence-corrected chi connectivity index (χ4v) is 2.28. The summed E-state index contributed by atoms with van der Waals surface area (Å²) in [6.45, 7) is 3.79. The predicted octanol–water partition coefficient (Wildman–Crippen LogP) is 4.18. The monoisotopic (exact) mass is 277 g/mol. The Labute approximate surface area is 125 Å². The van der Waals surface area contributed by atoms with Gasteiger partial charge in [0.2, 0.25) is 0 Å². The van der Waals surface area contributed by atoms with Crippen molar-refractivity contribution >= 4 is 5.69 Å². The second kappa shape index (κ2) is 6.27. The van der Waals surface area contributed by atoms with Crippen LogP contribution in [0.4, 0.5) is 5.69 Å². The second-order valence-electron chi connectivity index (χ2n) is 5.00. The van der Waals surface area contributed by atoms with Crippen molar-refractivity contribution < 1.29 is 0 Å². The lowest BCUT2D eigenvalue weighted by molar-refractivity contribution is 0.660. The van der Waals surface area contributed by atoms with Gasteiger partial charge in [0.1, 0.15) is 0 Å². The van der Waals surface area contributed by atoms with E-state index in [2.05, 4.69) is 65.9 Å². The molecule has 3 rings (SSSR count). The van der Waals surface area contributed by atoms with Gasteiger partial charge in [0.25, 0.3) is 0 Å². The maximum atomic E-state index is 4.25. The number of aryl methyl sites for hydroxylation is 1. The molecule has 0 aliphatic carbocycles. The number of aromatic nitrogens is 2. The van der Waals surface area contributed by atoms with Gasteiger partial charge in [-0.1, -0.05) is 54.6 Å². The molecule has 0 fully saturated rings. The molecular formula is C18H19N3. The molecule has 0 amide bonds. The van der Waals surface area contributed by atoms with Crippen molar-refractivity contribution in [2.24, 2.45) is 0 Å². The van der Waals surface area contributed by atoms with Crippen molar-refractivity contribution in [2.45, 2.75) is 20.0 Å². The van der Waals surface area contributed by atoms with E-state index in [4.69, 9.17) is 0 Å². The first-order valence-corrected chi connectivity index (χ1v) is 7.26. The molecule has 0 saturated carbocycles. The third-order valence-corrected chi connectivity index (χ3v) is 3.51. The van der Waals surface area contributed by atoms with Crippen molar-refractivity contribution in [3.05, 3.63) is 72.6 Å². The zero-order chi connectivity index (χ0) is 14.5. The van der Waals surface area contributed by atoms with E-state index in [1.54, 1.807) is 0 Å². The summed E-state index contributed by atoms with van der Waals surface area (Å²) in [6, 6.07) is 19.1. The Kier molecular flexibility index (Phi) is 4.01. The Balaban J connectivity index is 1.64. The Hall–Kier alpha value is -2.55. The number of rotatable bonds is 5. The highest BCUT2D eigenvalue weighted by Crippen LogP contribution is 2.19. The van der Waals surface area contributed by atoms with Gasteiger partial charge in [-0.2, -0.15) is 5.10 Å². The van der Waals surface area contributed by atoms with Crippen LogP contribution in [0, 0.1) is 0 Å². The molecule has 0 radical (unpaired) electrons. The fourth-order valence-electron chi connectivity index (χ4n) is 2.28. The van der Waals surface area contributed by atoms with E-state index in [9.17, 15) is 0 Å². The number of nitrogens with zero attached hydrogens (tertiary/aromatic N) is 2. The summed E-state index contributed by atoms with van der Waals surface area (Å²) in [4.78, 5) is 0. The molecule has 0 atom stereocenters.